The molecular weight excluding hydrogens is 671 g/mol. The van der Waals surface area contributed by atoms with E-state index in [4.69, 9.17) is 0 Å². The van der Waals surface area contributed by atoms with Crippen molar-refractivity contribution in [3.8, 4) is 0 Å². The molecule has 11 nitrogen and oxygen atoms in total. The van der Waals surface area contributed by atoms with E-state index in [1.165, 1.54) is 24.4 Å². The summed E-state index contributed by atoms with van der Waals surface area (Å²) < 4.78 is 50.0. The molecule has 0 radical (unpaired) electrons. The molecule has 0 saturated heterocycles. The number of anilines is 2. The Morgan fingerprint density at radius 1 is 0.708 bits per heavy atom. The molecule has 0 unspecified atom stereocenters. The molecule has 2 amide bonds. The van der Waals surface area contributed by atoms with E-state index >= 15 is 0 Å². The van der Waals surface area contributed by atoms with E-state index in [-0.39, 0.29) is 44.2 Å². The average molecular weight is 712 g/mol. The molecular formula is C34H41N5O6S3. The quantitative estimate of drug-likeness (QED) is 0.162. The zero-order valence-electron chi connectivity index (χ0n) is 26.6. The minimum atomic E-state index is -3.49. The molecule has 4 aromatic rings. The Morgan fingerprint density at radius 2 is 1.21 bits per heavy atom. The van der Waals surface area contributed by atoms with Crippen molar-refractivity contribution in [1.82, 2.24) is 15.0 Å². The molecule has 0 spiro atoms. The molecule has 2 saturated carbocycles. The standard InChI is InChI=1S/C17H21N3O3S.C17H20N2O3S2/c21-16(19-14-9-5-2-6-10-14)15-11-18-17(20-15)24(22,23)12-13-7-3-1-4-8-13;20-16(18-14-9-5-2-6-10-14)15-11-23-17(19-15)24(21,22)12-13-7-3-1-4-8-13/h2,5-6,9-11,13H,1,3-4,7-8,12H2,(H,18,20)(H,19,21);2,5-6,9-11,13H,1,3-4,7-8,12H2,(H,18,20). The van der Waals surface area contributed by atoms with Crippen LogP contribution in [0.2, 0.25) is 0 Å². The molecule has 14 heteroatoms. The molecule has 0 aliphatic heterocycles. The first kappa shape index (κ1) is 35.4. The number of benzene rings is 2. The van der Waals surface area contributed by atoms with Crippen LogP contribution < -0.4 is 10.6 Å². The van der Waals surface area contributed by atoms with Crippen molar-refractivity contribution >= 4 is 54.2 Å². The molecule has 2 aromatic heterocycles. The SMILES string of the molecule is O=C(Nc1ccccc1)c1cnc(S(=O)(=O)CC2CCCCC2)[nH]1.O=C(Nc1ccccc1)c1csc(S(=O)(=O)CC2CCCCC2)n1. The molecule has 2 aliphatic carbocycles. The number of carbonyl (C=O) groups excluding carboxylic acids is 2. The molecule has 3 N–H and O–H groups in total. The van der Waals surface area contributed by atoms with Crippen LogP contribution in [-0.2, 0) is 19.7 Å². The van der Waals surface area contributed by atoms with Crippen LogP contribution in [0.15, 0.2) is 81.7 Å². The summed E-state index contributed by atoms with van der Waals surface area (Å²) >= 11 is 1.02. The molecule has 6 rings (SSSR count). The lowest BCUT2D eigenvalue weighted by atomic mass is 9.91. The van der Waals surface area contributed by atoms with Crippen LogP contribution in [0, 0.1) is 11.8 Å². The highest BCUT2D eigenvalue weighted by Gasteiger charge is 2.27. The maximum absolute atomic E-state index is 12.5. The summed E-state index contributed by atoms with van der Waals surface area (Å²) in [5, 5.41) is 6.80. The molecule has 0 bridgehead atoms. The van der Waals surface area contributed by atoms with Gasteiger partial charge in [-0.2, -0.15) is 0 Å². The number of H-pyrrole nitrogens is 1. The highest BCUT2D eigenvalue weighted by Crippen LogP contribution is 2.29. The van der Waals surface area contributed by atoms with Gasteiger partial charge < -0.3 is 15.6 Å². The maximum atomic E-state index is 12.5. The Kier molecular flexibility index (Phi) is 12.2. The van der Waals surface area contributed by atoms with E-state index in [0.717, 1.165) is 62.7 Å². The first-order valence-electron chi connectivity index (χ1n) is 16.3. The van der Waals surface area contributed by atoms with Gasteiger partial charge in [0.25, 0.3) is 11.8 Å². The van der Waals surface area contributed by atoms with Gasteiger partial charge in [0.1, 0.15) is 11.4 Å². The molecule has 0 atom stereocenters. The third-order valence-electron chi connectivity index (χ3n) is 8.50. The maximum Gasteiger partial charge on any atom is 0.275 e. The van der Waals surface area contributed by atoms with E-state index in [1.54, 1.807) is 24.3 Å². The second kappa shape index (κ2) is 16.5. The number of carbonyl (C=O) groups is 2. The Labute approximate surface area is 285 Å². The third-order valence-corrected chi connectivity index (χ3v) is 13.4. The number of nitrogens with zero attached hydrogens (tertiary/aromatic N) is 2. The predicted molar refractivity (Wildman–Crippen MR) is 187 cm³/mol. The number of para-hydroxylation sites is 2. The number of rotatable bonds is 10. The van der Waals surface area contributed by atoms with Crippen molar-refractivity contribution < 1.29 is 26.4 Å². The van der Waals surface area contributed by atoms with Gasteiger partial charge in [0.15, 0.2) is 0 Å². The predicted octanol–water partition coefficient (Wildman–Crippen LogP) is 6.77. The van der Waals surface area contributed by atoms with Crippen molar-refractivity contribution in [2.45, 2.75) is 73.7 Å². The van der Waals surface area contributed by atoms with Gasteiger partial charge in [0.05, 0.1) is 17.7 Å². The van der Waals surface area contributed by atoms with Crippen LogP contribution in [0.25, 0.3) is 0 Å². The number of amides is 2. The summed E-state index contributed by atoms with van der Waals surface area (Å²) in [6.45, 7) is 0. The second-order valence-corrected chi connectivity index (χ2v) is 17.3. The van der Waals surface area contributed by atoms with E-state index < -0.39 is 31.5 Å². The number of aromatic nitrogens is 3. The fourth-order valence-corrected chi connectivity index (χ4v) is 10.4. The third kappa shape index (κ3) is 10.1. The number of aromatic amines is 1. The first-order valence-corrected chi connectivity index (χ1v) is 20.5. The van der Waals surface area contributed by atoms with Crippen LogP contribution >= 0.6 is 11.3 Å². The summed E-state index contributed by atoms with van der Waals surface area (Å²) in [5.41, 5.74) is 1.58. The molecule has 256 valence electrons. The Bertz CT molecular complexity index is 1730. The van der Waals surface area contributed by atoms with Crippen LogP contribution in [-0.4, -0.2) is 55.1 Å². The van der Waals surface area contributed by atoms with E-state index in [9.17, 15) is 26.4 Å². The van der Waals surface area contributed by atoms with Crippen molar-refractivity contribution in [1.29, 1.82) is 0 Å². The summed E-state index contributed by atoms with van der Waals surface area (Å²) in [5.74, 6) is -0.158. The number of thiazole rings is 1. The molecule has 2 fully saturated rings. The summed E-state index contributed by atoms with van der Waals surface area (Å²) in [6, 6.07) is 18.0. The van der Waals surface area contributed by atoms with Gasteiger partial charge in [0, 0.05) is 16.8 Å². The van der Waals surface area contributed by atoms with E-state index in [2.05, 4.69) is 25.6 Å². The number of hydrogen-bond acceptors (Lipinski definition) is 9. The monoisotopic (exact) mass is 711 g/mol. The molecule has 2 heterocycles. The summed E-state index contributed by atoms with van der Waals surface area (Å²) in [7, 11) is -6.91. The van der Waals surface area contributed by atoms with Crippen molar-refractivity contribution in [3.63, 3.8) is 0 Å². The number of imidazole rings is 1. The van der Waals surface area contributed by atoms with Gasteiger partial charge in [-0.25, -0.2) is 26.8 Å². The highest BCUT2D eigenvalue weighted by atomic mass is 32.2. The van der Waals surface area contributed by atoms with Crippen LogP contribution in [0.4, 0.5) is 11.4 Å². The summed E-state index contributed by atoms with van der Waals surface area (Å²) in [4.78, 5) is 35.0. The lowest BCUT2D eigenvalue weighted by Gasteiger charge is -2.20. The number of sulfone groups is 2. The van der Waals surface area contributed by atoms with Gasteiger partial charge in [-0.15, -0.1) is 11.3 Å². The first-order chi connectivity index (χ1) is 23.1. The van der Waals surface area contributed by atoms with E-state index in [1.807, 2.05) is 36.4 Å². The fourth-order valence-electron chi connectivity index (χ4n) is 6.00. The second-order valence-electron chi connectivity index (χ2n) is 12.3. The molecule has 48 heavy (non-hydrogen) atoms. The van der Waals surface area contributed by atoms with Gasteiger partial charge in [-0.3, -0.25) is 9.59 Å². The Morgan fingerprint density at radius 3 is 1.75 bits per heavy atom. The van der Waals surface area contributed by atoms with E-state index in [0.29, 0.717) is 11.4 Å². The van der Waals surface area contributed by atoms with Crippen LogP contribution in [0.5, 0.6) is 0 Å². The Balaban J connectivity index is 0.000000188. The molecule has 2 aliphatic rings. The number of hydrogen-bond donors (Lipinski definition) is 3. The zero-order valence-corrected chi connectivity index (χ0v) is 29.1. The highest BCUT2D eigenvalue weighted by molar-refractivity contribution is 7.93. The Hall–Kier alpha value is -3.88. The van der Waals surface area contributed by atoms with Crippen molar-refractivity contribution in [2.24, 2.45) is 11.8 Å². The minimum Gasteiger partial charge on any atom is -0.325 e. The van der Waals surface area contributed by atoms with Crippen molar-refractivity contribution in [2.75, 3.05) is 22.1 Å². The smallest absolute Gasteiger partial charge is 0.275 e. The van der Waals surface area contributed by atoms with Gasteiger partial charge >= 0.3 is 0 Å². The van der Waals surface area contributed by atoms with Gasteiger partial charge in [-0.1, -0.05) is 74.9 Å². The number of nitrogens with one attached hydrogen (secondary N) is 3. The lowest BCUT2D eigenvalue weighted by molar-refractivity contribution is 0.101. The van der Waals surface area contributed by atoms with Gasteiger partial charge in [0.2, 0.25) is 29.2 Å². The minimum absolute atomic E-state index is 0.0475. The van der Waals surface area contributed by atoms with Crippen LogP contribution in [0.3, 0.4) is 0 Å². The zero-order chi connectivity index (χ0) is 34.0. The fraction of sp³-hybridized carbons (Fsp3) is 0.412. The van der Waals surface area contributed by atoms with Crippen LogP contribution in [0.1, 0.15) is 85.2 Å². The average Bonchev–Trinajstić information content (AvgIpc) is 3.79. The lowest BCUT2D eigenvalue weighted by Crippen LogP contribution is -2.20. The largest absolute Gasteiger partial charge is 0.325 e. The topological polar surface area (TPSA) is 168 Å². The van der Waals surface area contributed by atoms with Gasteiger partial charge in [-0.05, 0) is 61.8 Å². The normalized spacial score (nSPS) is 16.0. The summed E-state index contributed by atoms with van der Waals surface area (Å²) in [6.07, 6.45) is 11.8. The van der Waals surface area contributed by atoms with Crippen molar-refractivity contribution in [3.05, 3.63) is 83.6 Å². The molecule has 2 aromatic carbocycles.